The van der Waals surface area contributed by atoms with E-state index in [1.165, 1.54) is 12.8 Å². The van der Waals surface area contributed by atoms with E-state index in [9.17, 15) is 4.79 Å². The highest BCUT2D eigenvalue weighted by atomic mass is 16.2. The second-order valence-corrected chi connectivity index (χ2v) is 3.97. The lowest BCUT2D eigenvalue weighted by Crippen LogP contribution is -2.24. The van der Waals surface area contributed by atoms with E-state index in [2.05, 4.69) is 22.6 Å². The molecule has 3 N–H and O–H groups in total. The molecule has 0 saturated carbocycles. The normalized spacial score (nSPS) is 10.5. The largest absolute Gasteiger partial charge is 0.351 e. The standard InChI is InChI=1S/C11H21N5O/c1-2-3-4-5-7-13-11(17)10-9-16(8-6-12)15-14-10/h9H,2-8,12H2,1H3,(H,13,17). The summed E-state index contributed by atoms with van der Waals surface area (Å²) in [5.41, 5.74) is 5.74. The number of carbonyl (C=O) groups is 1. The summed E-state index contributed by atoms with van der Waals surface area (Å²) in [6.07, 6.45) is 6.19. The number of hydrogen-bond acceptors (Lipinski definition) is 4. The predicted molar refractivity (Wildman–Crippen MR) is 65.6 cm³/mol. The van der Waals surface area contributed by atoms with Crippen molar-refractivity contribution >= 4 is 5.91 Å². The maximum atomic E-state index is 11.6. The molecule has 1 rings (SSSR count). The van der Waals surface area contributed by atoms with Crippen LogP contribution in [-0.2, 0) is 6.54 Å². The van der Waals surface area contributed by atoms with Crippen LogP contribution in [0.25, 0.3) is 0 Å². The fourth-order valence-electron chi connectivity index (χ4n) is 1.49. The molecule has 0 radical (unpaired) electrons. The third-order valence-corrected chi connectivity index (χ3v) is 2.45. The van der Waals surface area contributed by atoms with Crippen LogP contribution in [0.1, 0.15) is 43.1 Å². The van der Waals surface area contributed by atoms with Crippen LogP contribution in [0.4, 0.5) is 0 Å². The number of rotatable bonds is 8. The number of nitrogens with one attached hydrogen (secondary N) is 1. The van der Waals surface area contributed by atoms with Gasteiger partial charge in [-0.05, 0) is 6.42 Å². The third-order valence-electron chi connectivity index (χ3n) is 2.45. The first kappa shape index (κ1) is 13.6. The molecule has 0 aliphatic heterocycles. The van der Waals surface area contributed by atoms with Gasteiger partial charge in [-0.3, -0.25) is 9.48 Å². The van der Waals surface area contributed by atoms with Crippen LogP contribution < -0.4 is 11.1 Å². The van der Waals surface area contributed by atoms with Crippen LogP contribution in [0.3, 0.4) is 0 Å². The molecule has 1 aromatic heterocycles. The minimum atomic E-state index is -0.162. The van der Waals surface area contributed by atoms with E-state index in [0.29, 0.717) is 25.3 Å². The Balaban J connectivity index is 2.26. The number of aromatic nitrogens is 3. The Bertz CT molecular complexity index is 336. The molecular formula is C11H21N5O. The van der Waals surface area contributed by atoms with Crippen molar-refractivity contribution in [2.75, 3.05) is 13.1 Å². The number of amides is 1. The maximum Gasteiger partial charge on any atom is 0.273 e. The first-order chi connectivity index (χ1) is 8.27. The molecule has 0 saturated heterocycles. The molecular weight excluding hydrogens is 218 g/mol. The molecule has 1 amide bonds. The molecule has 0 spiro atoms. The van der Waals surface area contributed by atoms with E-state index in [4.69, 9.17) is 5.73 Å². The average Bonchev–Trinajstić information content (AvgIpc) is 2.78. The average molecular weight is 239 g/mol. The van der Waals surface area contributed by atoms with E-state index in [-0.39, 0.29) is 5.91 Å². The monoisotopic (exact) mass is 239 g/mol. The van der Waals surface area contributed by atoms with E-state index in [1.54, 1.807) is 10.9 Å². The van der Waals surface area contributed by atoms with Crippen LogP contribution in [0.15, 0.2) is 6.20 Å². The lowest BCUT2D eigenvalue weighted by atomic mass is 10.2. The number of nitrogens with two attached hydrogens (primary N) is 1. The van der Waals surface area contributed by atoms with Crippen LogP contribution in [0.2, 0.25) is 0 Å². The maximum absolute atomic E-state index is 11.6. The Morgan fingerprint density at radius 2 is 2.29 bits per heavy atom. The summed E-state index contributed by atoms with van der Waals surface area (Å²) in [5.74, 6) is -0.162. The summed E-state index contributed by atoms with van der Waals surface area (Å²) in [6.45, 7) is 3.93. The van der Waals surface area contributed by atoms with Gasteiger partial charge < -0.3 is 11.1 Å². The van der Waals surface area contributed by atoms with Crippen molar-refractivity contribution in [3.63, 3.8) is 0 Å². The van der Waals surface area contributed by atoms with Crippen LogP contribution >= 0.6 is 0 Å². The number of hydrogen-bond donors (Lipinski definition) is 2. The van der Waals surface area contributed by atoms with Crippen LogP contribution in [-0.4, -0.2) is 34.0 Å². The second-order valence-electron chi connectivity index (χ2n) is 3.97. The Hall–Kier alpha value is -1.43. The zero-order valence-electron chi connectivity index (χ0n) is 10.4. The summed E-state index contributed by atoms with van der Waals surface area (Å²) in [4.78, 5) is 11.6. The van der Waals surface area contributed by atoms with Gasteiger partial charge >= 0.3 is 0 Å². The van der Waals surface area contributed by atoms with E-state index in [0.717, 1.165) is 12.8 Å². The van der Waals surface area contributed by atoms with Crippen LogP contribution in [0, 0.1) is 0 Å². The molecule has 0 aromatic carbocycles. The van der Waals surface area contributed by atoms with Crippen molar-refractivity contribution in [1.29, 1.82) is 0 Å². The highest BCUT2D eigenvalue weighted by Gasteiger charge is 2.09. The first-order valence-corrected chi connectivity index (χ1v) is 6.16. The van der Waals surface area contributed by atoms with E-state index < -0.39 is 0 Å². The smallest absolute Gasteiger partial charge is 0.273 e. The molecule has 6 nitrogen and oxygen atoms in total. The Kier molecular flexibility index (Phi) is 6.24. The van der Waals surface area contributed by atoms with Crippen LogP contribution in [0.5, 0.6) is 0 Å². The van der Waals surface area contributed by atoms with Gasteiger partial charge in [-0.25, -0.2) is 0 Å². The first-order valence-electron chi connectivity index (χ1n) is 6.16. The van der Waals surface area contributed by atoms with E-state index in [1.807, 2.05) is 0 Å². The number of nitrogens with zero attached hydrogens (tertiary/aromatic N) is 3. The van der Waals surface area contributed by atoms with Crippen molar-refractivity contribution in [1.82, 2.24) is 20.3 Å². The number of carbonyl (C=O) groups excluding carboxylic acids is 1. The van der Waals surface area contributed by atoms with Crippen molar-refractivity contribution in [2.24, 2.45) is 5.73 Å². The Morgan fingerprint density at radius 3 is 3.00 bits per heavy atom. The molecule has 1 heterocycles. The summed E-state index contributed by atoms with van der Waals surface area (Å²) in [6, 6.07) is 0. The van der Waals surface area contributed by atoms with Gasteiger partial charge in [0.05, 0.1) is 12.7 Å². The molecule has 1 aromatic rings. The zero-order chi connectivity index (χ0) is 12.5. The molecule has 0 unspecified atom stereocenters. The van der Waals surface area contributed by atoms with Gasteiger partial charge in [0.1, 0.15) is 0 Å². The lowest BCUT2D eigenvalue weighted by Gasteiger charge is -2.01. The van der Waals surface area contributed by atoms with Gasteiger partial charge in [0.15, 0.2) is 5.69 Å². The molecule has 0 aliphatic carbocycles. The number of unbranched alkanes of at least 4 members (excludes halogenated alkanes) is 3. The highest BCUT2D eigenvalue weighted by molar-refractivity contribution is 5.91. The Labute approximate surface area is 102 Å². The van der Waals surface area contributed by atoms with Gasteiger partial charge in [-0.15, -0.1) is 5.10 Å². The summed E-state index contributed by atoms with van der Waals surface area (Å²) in [5, 5.41) is 10.4. The fourth-order valence-corrected chi connectivity index (χ4v) is 1.49. The van der Waals surface area contributed by atoms with Gasteiger partial charge in [0.25, 0.3) is 5.91 Å². The van der Waals surface area contributed by atoms with Crippen molar-refractivity contribution < 1.29 is 4.79 Å². The highest BCUT2D eigenvalue weighted by Crippen LogP contribution is 1.98. The predicted octanol–water partition coefficient (Wildman–Crippen LogP) is 0.547. The fraction of sp³-hybridized carbons (Fsp3) is 0.727. The summed E-state index contributed by atoms with van der Waals surface area (Å²) >= 11 is 0. The molecule has 0 aliphatic rings. The van der Waals surface area contributed by atoms with Gasteiger partial charge in [-0.1, -0.05) is 31.4 Å². The minimum absolute atomic E-state index is 0.162. The molecule has 0 fully saturated rings. The quantitative estimate of drug-likeness (QED) is 0.649. The van der Waals surface area contributed by atoms with E-state index >= 15 is 0 Å². The molecule has 0 bridgehead atoms. The summed E-state index contributed by atoms with van der Waals surface area (Å²) < 4.78 is 1.58. The zero-order valence-corrected chi connectivity index (χ0v) is 10.4. The van der Waals surface area contributed by atoms with Gasteiger partial charge in [-0.2, -0.15) is 0 Å². The third kappa shape index (κ3) is 4.95. The molecule has 6 heteroatoms. The molecule has 0 atom stereocenters. The topological polar surface area (TPSA) is 85.8 Å². The second kappa shape index (κ2) is 7.78. The molecule has 17 heavy (non-hydrogen) atoms. The van der Waals surface area contributed by atoms with Crippen molar-refractivity contribution in [3.8, 4) is 0 Å². The van der Waals surface area contributed by atoms with Gasteiger partial charge in [0, 0.05) is 13.1 Å². The minimum Gasteiger partial charge on any atom is -0.351 e. The lowest BCUT2D eigenvalue weighted by molar-refractivity contribution is 0.0948. The SMILES string of the molecule is CCCCCCNC(=O)c1cn(CCN)nn1. The summed E-state index contributed by atoms with van der Waals surface area (Å²) in [7, 11) is 0. The molecule has 96 valence electrons. The van der Waals surface area contributed by atoms with Gasteiger partial charge in [0.2, 0.25) is 0 Å². The van der Waals surface area contributed by atoms with Crippen molar-refractivity contribution in [3.05, 3.63) is 11.9 Å². The van der Waals surface area contributed by atoms with Crippen molar-refractivity contribution in [2.45, 2.75) is 39.2 Å². The Morgan fingerprint density at radius 1 is 1.47 bits per heavy atom.